The second-order valence-electron chi connectivity index (χ2n) is 17.0. The minimum Gasteiger partial charge on any atom is -0.194 e. The monoisotopic (exact) mass is 662 g/mol. The molecule has 0 bridgehead atoms. The Labute approximate surface area is 296 Å². The van der Waals surface area contributed by atoms with Crippen LogP contribution in [-0.4, -0.2) is 8.07 Å². The van der Waals surface area contributed by atoms with E-state index >= 15 is 0 Å². The molecule has 2 atom stereocenters. The number of benzene rings is 3. The molecule has 49 heavy (non-hydrogen) atoms. The van der Waals surface area contributed by atoms with Gasteiger partial charge >= 0.3 is 0 Å². The summed E-state index contributed by atoms with van der Waals surface area (Å²) in [6, 6.07) is 32.7. The van der Waals surface area contributed by atoms with Gasteiger partial charge in [-0.1, -0.05) is 115 Å². The van der Waals surface area contributed by atoms with Crippen LogP contribution in [0.1, 0.15) is 93.2 Å². The molecule has 2 nitrogen and oxygen atoms in total. The van der Waals surface area contributed by atoms with Gasteiger partial charge in [-0.25, -0.2) is 0 Å². The normalized spacial score (nSPS) is 17.5. The van der Waals surface area contributed by atoms with Crippen molar-refractivity contribution in [3.05, 3.63) is 132 Å². The number of allylic oxidation sites excluding steroid dienone is 1. The quantitative estimate of drug-likeness (QED) is 0.134. The maximum Gasteiger partial charge on any atom is 0.219 e. The molecule has 250 valence electrons. The molecule has 2 aromatic heterocycles. The van der Waals surface area contributed by atoms with E-state index in [1.165, 1.54) is 61.5 Å². The minimum absolute atomic E-state index is 0.0514. The summed E-state index contributed by atoms with van der Waals surface area (Å²) in [5.41, 5.74) is 16.2. The molecule has 0 aliphatic carbocycles. The predicted octanol–water partition coefficient (Wildman–Crippen LogP) is 10.7. The fourth-order valence-corrected chi connectivity index (χ4v) is 10.2. The number of hydrogen-bond donors (Lipinski definition) is 0. The van der Waals surface area contributed by atoms with Crippen molar-refractivity contribution in [1.82, 2.24) is 0 Å². The maximum atomic E-state index is 4.91. The second-order valence-corrected chi connectivity index (χ2v) is 22.1. The summed E-state index contributed by atoms with van der Waals surface area (Å²) in [6.45, 7) is 26.4. The fourth-order valence-electron chi connectivity index (χ4n) is 8.42. The highest BCUT2D eigenvalue weighted by atomic mass is 28.3. The third kappa shape index (κ3) is 6.05. The van der Waals surface area contributed by atoms with Gasteiger partial charge in [0.15, 0.2) is 24.1 Å². The first-order chi connectivity index (χ1) is 23.2. The first-order valence-corrected chi connectivity index (χ1v) is 21.8. The highest BCUT2D eigenvalue weighted by Gasteiger charge is 2.44. The highest BCUT2D eigenvalue weighted by molar-refractivity contribution is 6.89. The number of hydrogen-bond acceptors (Lipinski definition) is 0. The van der Waals surface area contributed by atoms with E-state index in [1.807, 2.05) is 0 Å². The van der Waals surface area contributed by atoms with E-state index in [4.69, 9.17) is 6.58 Å². The Balaban J connectivity index is 1.48. The van der Waals surface area contributed by atoms with Crippen LogP contribution in [0.15, 0.2) is 104 Å². The summed E-state index contributed by atoms with van der Waals surface area (Å²) in [4.78, 5) is 0. The van der Waals surface area contributed by atoms with Crippen molar-refractivity contribution in [2.24, 2.45) is 0 Å². The molecule has 3 heteroatoms. The Morgan fingerprint density at radius 1 is 0.796 bits per heavy atom. The van der Waals surface area contributed by atoms with Crippen LogP contribution in [0.3, 0.4) is 0 Å². The average molecular weight is 663 g/mol. The van der Waals surface area contributed by atoms with Gasteiger partial charge in [0.2, 0.25) is 11.4 Å². The van der Waals surface area contributed by atoms with E-state index < -0.39 is 8.07 Å². The van der Waals surface area contributed by atoms with Crippen LogP contribution in [-0.2, 0) is 11.8 Å². The van der Waals surface area contributed by atoms with Crippen molar-refractivity contribution < 1.29 is 9.13 Å². The zero-order valence-corrected chi connectivity index (χ0v) is 32.2. The van der Waals surface area contributed by atoms with Crippen molar-refractivity contribution in [3.63, 3.8) is 0 Å². The Bertz CT molecular complexity index is 2070. The summed E-state index contributed by atoms with van der Waals surface area (Å²) < 4.78 is 5.13. The lowest BCUT2D eigenvalue weighted by atomic mass is 9.76. The van der Waals surface area contributed by atoms with Gasteiger partial charge in [-0.3, -0.25) is 0 Å². The summed E-state index contributed by atoms with van der Waals surface area (Å²) >= 11 is 0. The summed E-state index contributed by atoms with van der Waals surface area (Å²) in [5.74, 6) is 0.863. The number of aromatic nitrogens is 2. The van der Waals surface area contributed by atoms with E-state index in [9.17, 15) is 0 Å². The van der Waals surface area contributed by atoms with Crippen molar-refractivity contribution in [1.29, 1.82) is 0 Å². The zero-order valence-electron chi connectivity index (χ0n) is 31.2. The van der Waals surface area contributed by atoms with Gasteiger partial charge in [0.1, 0.15) is 0 Å². The van der Waals surface area contributed by atoms with Crippen molar-refractivity contribution in [3.8, 4) is 33.6 Å². The fraction of sp³-hybridized carbons (Fsp3) is 0.348. The van der Waals surface area contributed by atoms with Crippen molar-refractivity contribution in [2.45, 2.75) is 104 Å². The van der Waals surface area contributed by atoms with Gasteiger partial charge in [0.25, 0.3) is 0 Å². The van der Waals surface area contributed by atoms with Crippen LogP contribution in [0.5, 0.6) is 0 Å². The lowest BCUT2D eigenvalue weighted by Gasteiger charge is -2.33. The predicted molar refractivity (Wildman–Crippen MR) is 210 cm³/mol. The first kappa shape index (κ1) is 33.4. The third-order valence-corrected chi connectivity index (χ3v) is 13.2. The van der Waals surface area contributed by atoms with Gasteiger partial charge < -0.3 is 0 Å². The molecule has 0 saturated heterocycles. The zero-order chi connectivity index (χ0) is 34.8. The topological polar surface area (TPSA) is 7.76 Å². The van der Waals surface area contributed by atoms with Crippen LogP contribution in [0, 0.1) is 6.92 Å². The van der Waals surface area contributed by atoms with Gasteiger partial charge in [-0.2, -0.15) is 9.13 Å². The van der Waals surface area contributed by atoms with E-state index in [2.05, 4.69) is 168 Å². The number of aryl methyl sites for hydroxylation is 2. The molecule has 3 aromatic carbocycles. The Morgan fingerprint density at radius 2 is 1.51 bits per heavy atom. The summed E-state index contributed by atoms with van der Waals surface area (Å²) in [7, 11) is -1.63. The molecule has 4 heterocycles. The lowest BCUT2D eigenvalue weighted by Crippen LogP contribution is -2.54. The van der Waals surface area contributed by atoms with Gasteiger partial charge in [0, 0.05) is 34.4 Å². The van der Waals surface area contributed by atoms with Crippen molar-refractivity contribution >= 4 is 19.0 Å². The smallest absolute Gasteiger partial charge is 0.194 e. The molecular formula is C46H54N2Si+2. The lowest BCUT2D eigenvalue weighted by molar-refractivity contribution is -0.719. The van der Waals surface area contributed by atoms with E-state index in [-0.39, 0.29) is 11.5 Å². The molecule has 5 aromatic rings. The van der Waals surface area contributed by atoms with E-state index in [0.29, 0.717) is 11.8 Å². The largest absolute Gasteiger partial charge is 0.219 e. The molecule has 0 saturated carbocycles. The van der Waals surface area contributed by atoms with Crippen LogP contribution < -0.4 is 14.3 Å². The van der Waals surface area contributed by atoms with Crippen molar-refractivity contribution in [2.75, 3.05) is 0 Å². The molecule has 2 unspecified atom stereocenters. The molecule has 7 rings (SSSR count). The van der Waals surface area contributed by atoms with Crippen LogP contribution >= 0.6 is 0 Å². The number of pyridine rings is 2. The maximum absolute atomic E-state index is 4.91. The minimum atomic E-state index is -1.63. The Hall–Kier alpha value is -4.08. The molecule has 2 aliphatic rings. The van der Waals surface area contributed by atoms with Gasteiger partial charge in [-0.15, -0.1) is 0 Å². The second kappa shape index (κ2) is 12.4. The number of nitrogens with zero attached hydrogens (tertiary/aromatic N) is 2. The summed E-state index contributed by atoms with van der Waals surface area (Å²) in [6.07, 6.45) is 7.95. The van der Waals surface area contributed by atoms with Gasteiger partial charge in [-0.05, 0) is 83.2 Å². The molecule has 0 N–H and O–H groups in total. The SMILES string of the molecule is C=C1CC2C(CCc3ccc(C(C)(C)C)cc3-c3cc(-c4ccccc4)c(C)c[n+]31)c1ccccc1-c1cc(C(C)C)c([Si](C)(C)C)c[n+]12. The van der Waals surface area contributed by atoms with Gasteiger partial charge in [0.05, 0.1) is 20.1 Å². The van der Waals surface area contributed by atoms with Crippen LogP contribution in [0.4, 0.5) is 0 Å². The average Bonchev–Trinajstić information content (AvgIpc) is 3.06. The molecule has 2 aliphatic heterocycles. The van der Waals surface area contributed by atoms with E-state index in [1.54, 1.807) is 5.19 Å². The Kier molecular flexibility index (Phi) is 8.42. The molecular weight excluding hydrogens is 609 g/mol. The standard InChI is InChI=1S/C46H54N2Si/c1-30(2)39-26-43-37-19-15-14-18-36(37)38-23-21-34-20-22-35(46(5,6)7)25-41(34)44-27-40(33-16-12-11-13-17-33)31(3)28-47(44)32(4)24-42(38)48(43)29-45(39)49(8,9)10/h11-20,22,25-30,38,42H,4,21,23-24H2,1-3,5-10H3/q+2. The third-order valence-electron chi connectivity index (χ3n) is 11.2. The van der Waals surface area contributed by atoms with Crippen LogP contribution in [0.2, 0.25) is 19.6 Å². The highest BCUT2D eigenvalue weighted by Crippen LogP contribution is 2.45. The number of rotatable bonds is 3. The first-order valence-electron chi connectivity index (χ1n) is 18.3. The molecule has 0 amide bonds. The Morgan fingerprint density at radius 3 is 2.20 bits per heavy atom. The molecule has 0 fully saturated rings. The number of fused-ring (bicyclic) bond motifs is 9. The van der Waals surface area contributed by atoms with E-state index in [0.717, 1.165) is 25.0 Å². The summed E-state index contributed by atoms with van der Waals surface area (Å²) in [5, 5.41) is 1.59. The molecule has 0 spiro atoms. The van der Waals surface area contributed by atoms with Crippen LogP contribution in [0.25, 0.3) is 39.3 Å². The molecule has 0 radical (unpaired) electrons.